The van der Waals surface area contributed by atoms with Crippen LogP contribution in [0.4, 0.5) is 0 Å². The number of thiophene rings is 1. The van der Waals surface area contributed by atoms with E-state index in [0.29, 0.717) is 17.5 Å². The van der Waals surface area contributed by atoms with E-state index in [2.05, 4.69) is 228 Å². The van der Waals surface area contributed by atoms with Crippen LogP contribution in [0.2, 0.25) is 0 Å². The number of fused-ring (bicyclic) bond motifs is 9. The highest BCUT2D eigenvalue weighted by atomic mass is 32.1. The number of nitrogens with zero attached hydrogens (tertiary/aromatic N) is 5. The highest BCUT2D eigenvalue weighted by molar-refractivity contribution is 7.26. The van der Waals surface area contributed by atoms with Crippen LogP contribution >= 0.6 is 11.3 Å². The minimum atomic E-state index is 0.611. The van der Waals surface area contributed by atoms with Crippen LogP contribution in [0.15, 0.2) is 237 Å². The highest BCUT2D eigenvalue weighted by Crippen LogP contribution is 2.47. The maximum Gasteiger partial charge on any atom is 0.166 e. The van der Waals surface area contributed by atoms with Gasteiger partial charge in [-0.3, -0.25) is 0 Å². The molecule has 0 N–H and O–H groups in total. The van der Waals surface area contributed by atoms with Gasteiger partial charge in [0.1, 0.15) is 0 Å². The summed E-state index contributed by atoms with van der Waals surface area (Å²) in [4.78, 5) is 16.5. The maximum atomic E-state index is 5.61. The van der Waals surface area contributed by atoms with Crippen molar-refractivity contribution in [3.8, 4) is 67.8 Å². The molecule has 322 valence electrons. The molecule has 14 aromatic rings. The zero-order valence-electron chi connectivity index (χ0n) is 37.2. The lowest BCUT2D eigenvalue weighted by Crippen LogP contribution is -2.03. The van der Waals surface area contributed by atoms with Crippen LogP contribution in [-0.2, 0) is 0 Å². The van der Waals surface area contributed by atoms with Gasteiger partial charge in [-0.1, -0.05) is 176 Å². The van der Waals surface area contributed by atoms with E-state index in [4.69, 9.17) is 15.0 Å². The third-order valence-electron chi connectivity index (χ3n) is 13.6. The number of hydrogen-bond donors (Lipinski definition) is 0. The second kappa shape index (κ2) is 15.8. The van der Waals surface area contributed by atoms with Gasteiger partial charge in [-0.2, -0.15) is 0 Å². The van der Waals surface area contributed by atoms with Crippen LogP contribution < -0.4 is 0 Å². The van der Waals surface area contributed by atoms with Gasteiger partial charge in [-0.05, 0) is 82.9 Å². The lowest BCUT2D eigenvalue weighted by atomic mass is 9.95. The Morgan fingerprint density at radius 2 is 0.812 bits per heavy atom. The Morgan fingerprint density at radius 3 is 1.52 bits per heavy atom. The van der Waals surface area contributed by atoms with Crippen LogP contribution in [0.3, 0.4) is 0 Å². The largest absolute Gasteiger partial charge is 0.309 e. The van der Waals surface area contributed by atoms with Crippen molar-refractivity contribution in [3.05, 3.63) is 237 Å². The third kappa shape index (κ3) is 6.34. The van der Waals surface area contributed by atoms with Crippen LogP contribution in [0.25, 0.3) is 132 Å². The molecule has 10 aromatic carbocycles. The Bertz CT molecular complexity index is 4250. The van der Waals surface area contributed by atoms with Gasteiger partial charge >= 0.3 is 0 Å². The summed E-state index contributed by atoms with van der Waals surface area (Å²) in [7, 11) is 0. The quantitative estimate of drug-likeness (QED) is 0.160. The molecule has 6 heteroatoms. The molecular weight excluding hydrogens is 859 g/mol. The van der Waals surface area contributed by atoms with Crippen molar-refractivity contribution in [3.63, 3.8) is 0 Å². The smallest absolute Gasteiger partial charge is 0.166 e. The van der Waals surface area contributed by atoms with Gasteiger partial charge in [-0.15, -0.1) is 11.3 Å². The second-order valence-corrected chi connectivity index (χ2v) is 18.6. The lowest BCUT2D eigenvalue weighted by molar-refractivity contribution is 1.07. The predicted octanol–water partition coefficient (Wildman–Crippen LogP) is 16.8. The summed E-state index contributed by atoms with van der Waals surface area (Å²) in [5.74, 6) is 1.84. The van der Waals surface area contributed by atoms with Gasteiger partial charge in [0, 0.05) is 69.8 Å². The van der Waals surface area contributed by atoms with Crippen molar-refractivity contribution in [2.45, 2.75) is 0 Å². The molecule has 0 saturated heterocycles. The van der Waals surface area contributed by atoms with Crippen molar-refractivity contribution < 1.29 is 0 Å². The highest BCUT2D eigenvalue weighted by Gasteiger charge is 2.24. The zero-order valence-corrected chi connectivity index (χ0v) is 38.0. The second-order valence-electron chi connectivity index (χ2n) is 17.5. The van der Waals surface area contributed by atoms with E-state index in [0.717, 1.165) is 65.6 Å². The van der Waals surface area contributed by atoms with E-state index in [1.54, 1.807) is 11.3 Å². The molecule has 0 fully saturated rings. The number of hydrogen-bond acceptors (Lipinski definition) is 4. The molecule has 0 unspecified atom stereocenters. The molecule has 0 aliphatic carbocycles. The van der Waals surface area contributed by atoms with Gasteiger partial charge in [-0.25, -0.2) is 15.0 Å². The van der Waals surface area contributed by atoms with Crippen molar-refractivity contribution in [1.82, 2.24) is 24.1 Å². The summed E-state index contributed by atoms with van der Waals surface area (Å²) in [6.07, 6.45) is 0. The van der Waals surface area contributed by atoms with E-state index in [-0.39, 0.29) is 0 Å². The summed E-state index contributed by atoms with van der Waals surface area (Å²) in [6, 6.07) is 84.5. The average Bonchev–Trinajstić information content (AvgIpc) is 4.09. The molecular formula is C63H39N5S. The Balaban J connectivity index is 1.09. The molecule has 0 atom stereocenters. The molecule has 4 heterocycles. The Hall–Kier alpha value is -8.97. The summed E-state index contributed by atoms with van der Waals surface area (Å²) in [6.45, 7) is 0. The van der Waals surface area contributed by atoms with Crippen LogP contribution in [0.1, 0.15) is 0 Å². The van der Waals surface area contributed by atoms with Crippen LogP contribution in [-0.4, -0.2) is 24.1 Å². The van der Waals surface area contributed by atoms with Crippen molar-refractivity contribution in [1.29, 1.82) is 0 Å². The van der Waals surface area contributed by atoms with Crippen molar-refractivity contribution >= 4 is 75.1 Å². The van der Waals surface area contributed by atoms with Crippen LogP contribution in [0, 0.1) is 0 Å². The first-order chi connectivity index (χ1) is 34.2. The van der Waals surface area contributed by atoms with Crippen molar-refractivity contribution in [2.24, 2.45) is 0 Å². The fraction of sp³-hybridized carbons (Fsp3) is 0. The first-order valence-corrected chi connectivity index (χ1v) is 24.1. The third-order valence-corrected chi connectivity index (χ3v) is 14.8. The zero-order chi connectivity index (χ0) is 45.4. The SMILES string of the molecule is c1ccc(-c2cccc(-c3cccc4sc5c(-c6nc(-c7ccccc7)nc(-c7cccc8c9ccccc9n(-c9ccccc9)c78)n6)cc(-n6c7ccccc7c7ccccc76)cc5c34)c2)cc1. The molecule has 0 bridgehead atoms. The van der Waals surface area contributed by atoms with Crippen molar-refractivity contribution in [2.75, 3.05) is 0 Å². The van der Waals surface area contributed by atoms with E-state index in [1.807, 2.05) is 18.2 Å². The Morgan fingerprint density at radius 1 is 0.304 bits per heavy atom. The van der Waals surface area contributed by atoms with E-state index in [1.165, 1.54) is 48.5 Å². The lowest BCUT2D eigenvalue weighted by Gasteiger charge is -2.14. The average molecular weight is 898 g/mol. The number of aromatic nitrogens is 5. The fourth-order valence-corrected chi connectivity index (χ4v) is 11.7. The predicted molar refractivity (Wildman–Crippen MR) is 289 cm³/mol. The van der Waals surface area contributed by atoms with Gasteiger partial charge < -0.3 is 9.13 Å². The fourth-order valence-electron chi connectivity index (χ4n) is 10.5. The summed E-state index contributed by atoms with van der Waals surface area (Å²) >= 11 is 1.80. The molecule has 0 radical (unpaired) electrons. The topological polar surface area (TPSA) is 48.5 Å². The molecule has 5 nitrogen and oxygen atoms in total. The van der Waals surface area contributed by atoms with E-state index >= 15 is 0 Å². The van der Waals surface area contributed by atoms with E-state index in [9.17, 15) is 0 Å². The molecule has 0 amide bonds. The monoisotopic (exact) mass is 897 g/mol. The molecule has 0 aliphatic heterocycles. The molecule has 0 saturated carbocycles. The number of rotatable bonds is 7. The van der Waals surface area contributed by atoms with Gasteiger partial charge in [0.2, 0.25) is 0 Å². The van der Waals surface area contributed by atoms with Gasteiger partial charge in [0.05, 0.1) is 22.1 Å². The molecule has 0 aliphatic rings. The van der Waals surface area contributed by atoms with Crippen LogP contribution in [0.5, 0.6) is 0 Å². The standard InChI is InChI=1S/C63H39N5S/c1-4-19-40(20-5-1)42-23-16-24-43(37-42)46-30-18-36-57-58(46)52-38-45(67-54-33-13-10-27-47(54)48-28-11-14-34-55(48)67)39-53(60(52)69-57)63-65-61(41-21-6-2-7-22-41)64-62(66-63)51-32-17-31-50-49-29-12-15-35-56(49)68(59(50)51)44-25-8-3-9-26-44/h1-39H. The minimum Gasteiger partial charge on any atom is -0.309 e. The summed E-state index contributed by atoms with van der Waals surface area (Å²) < 4.78 is 7.08. The van der Waals surface area contributed by atoms with E-state index < -0.39 is 0 Å². The first kappa shape index (κ1) is 39.2. The summed E-state index contributed by atoms with van der Waals surface area (Å²) in [5.41, 5.74) is 14.1. The molecule has 14 rings (SSSR count). The number of benzene rings is 10. The molecule has 0 spiro atoms. The Labute approximate surface area is 401 Å². The van der Waals surface area contributed by atoms with Gasteiger partial charge in [0.25, 0.3) is 0 Å². The van der Waals surface area contributed by atoms with Gasteiger partial charge in [0.15, 0.2) is 17.5 Å². The Kier molecular flexibility index (Phi) is 9.00. The molecule has 4 aromatic heterocycles. The normalized spacial score (nSPS) is 11.8. The maximum absolute atomic E-state index is 5.61. The summed E-state index contributed by atoms with van der Waals surface area (Å²) in [5, 5.41) is 7.09. The first-order valence-electron chi connectivity index (χ1n) is 23.3. The minimum absolute atomic E-state index is 0.611. The molecule has 69 heavy (non-hydrogen) atoms. The number of para-hydroxylation sites is 5.